The third-order valence-electron chi connectivity index (χ3n) is 7.37. The van der Waals surface area contributed by atoms with Crippen molar-refractivity contribution < 1.29 is 0 Å². The minimum Gasteiger partial charge on any atom is -0.335 e. The first kappa shape index (κ1) is 15.6. The van der Waals surface area contributed by atoms with Gasteiger partial charge < -0.3 is 4.57 Å². The summed E-state index contributed by atoms with van der Waals surface area (Å²) in [6, 6.07) is 3.20. The van der Waals surface area contributed by atoms with Gasteiger partial charge in [-0.25, -0.2) is 4.98 Å². The largest absolute Gasteiger partial charge is 0.335 e. The van der Waals surface area contributed by atoms with Crippen LogP contribution in [0.1, 0.15) is 18.4 Å². The summed E-state index contributed by atoms with van der Waals surface area (Å²) in [5.41, 5.74) is 5.04. The molecule has 5 unspecified atom stereocenters. The zero-order valence-electron chi connectivity index (χ0n) is 15.2. The van der Waals surface area contributed by atoms with Crippen LogP contribution in [0, 0.1) is 11.8 Å². The summed E-state index contributed by atoms with van der Waals surface area (Å²) in [7, 11) is 6.39. The van der Waals surface area contributed by atoms with Gasteiger partial charge in [-0.15, -0.1) is 0 Å². The molecule has 5 nitrogen and oxygen atoms in total. The molecule has 0 radical (unpaired) electrons. The first-order chi connectivity index (χ1) is 12.5. The average Bonchev–Trinajstić information content (AvgIpc) is 3.42. The molecule has 2 saturated carbocycles. The predicted octanol–water partition coefficient (Wildman–Crippen LogP) is 3.33. The molecule has 7 rings (SSSR count). The molecular weight excluding hydrogens is 437 g/mol. The van der Waals surface area contributed by atoms with Crippen LogP contribution in [0.5, 0.6) is 0 Å². The maximum atomic E-state index is 4.92. The molecule has 0 N–H and O–H groups in total. The Balaban J connectivity index is 1.58. The van der Waals surface area contributed by atoms with Crippen LogP contribution in [0.4, 0.5) is 0 Å². The molecule has 0 spiro atoms. The van der Waals surface area contributed by atoms with Gasteiger partial charge in [0, 0.05) is 59.2 Å². The lowest BCUT2D eigenvalue weighted by molar-refractivity contribution is 0.145. The van der Waals surface area contributed by atoms with Gasteiger partial charge in [0.1, 0.15) is 5.65 Å². The number of hydrogen-bond donors (Lipinski definition) is 0. The van der Waals surface area contributed by atoms with Gasteiger partial charge in [-0.3, -0.25) is 9.58 Å². The van der Waals surface area contributed by atoms with E-state index in [9.17, 15) is 0 Å². The maximum absolute atomic E-state index is 4.92. The Morgan fingerprint density at radius 3 is 2.65 bits per heavy atom. The van der Waals surface area contributed by atoms with Gasteiger partial charge in [-0.05, 0) is 43.4 Å². The number of aromatic nitrogens is 4. The monoisotopic (exact) mass is 459 g/mol. The fourth-order valence-corrected chi connectivity index (χ4v) is 8.43. The van der Waals surface area contributed by atoms with Crippen LogP contribution >= 0.6 is 22.6 Å². The molecule has 6 heteroatoms. The van der Waals surface area contributed by atoms with Gasteiger partial charge in [-0.1, -0.05) is 22.6 Å². The molecule has 3 aromatic rings. The molecule has 2 aliphatic heterocycles. The summed E-state index contributed by atoms with van der Waals surface area (Å²) >= 11 is 2.73. The molecule has 2 saturated heterocycles. The van der Waals surface area contributed by atoms with E-state index in [0.717, 1.165) is 29.1 Å². The van der Waals surface area contributed by atoms with Gasteiger partial charge in [0.25, 0.3) is 0 Å². The van der Waals surface area contributed by atoms with Crippen molar-refractivity contribution in [3.8, 4) is 11.1 Å². The highest BCUT2D eigenvalue weighted by Gasteiger charge is 2.72. The molecule has 5 heterocycles. The number of rotatable bonds is 2. The molecule has 134 valence electrons. The summed E-state index contributed by atoms with van der Waals surface area (Å²) in [6.45, 7) is 0. The van der Waals surface area contributed by atoms with Gasteiger partial charge in [0.2, 0.25) is 0 Å². The molecule has 5 atom stereocenters. The minimum absolute atomic E-state index is 0.180. The van der Waals surface area contributed by atoms with E-state index in [1.54, 1.807) is 0 Å². The Labute approximate surface area is 166 Å². The van der Waals surface area contributed by atoms with E-state index in [1.165, 1.54) is 29.4 Å². The summed E-state index contributed by atoms with van der Waals surface area (Å²) in [5.74, 6) is 1.64. The lowest BCUT2D eigenvalue weighted by atomic mass is 9.80. The van der Waals surface area contributed by atoms with Gasteiger partial charge in [0.15, 0.2) is 0 Å². The second-order valence-corrected chi connectivity index (χ2v) is 9.73. The molecule has 4 aliphatic rings. The predicted molar refractivity (Wildman–Crippen MR) is 110 cm³/mol. The Kier molecular flexibility index (Phi) is 2.94. The van der Waals surface area contributed by atoms with E-state index in [0.29, 0.717) is 3.92 Å². The van der Waals surface area contributed by atoms with E-state index in [4.69, 9.17) is 4.98 Å². The number of piperidine rings is 1. The third kappa shape index (κ3) is 1.62. The topological polar surface area (TPSA) is 38.9 Å². The van der Waals surface area contributed by atoms with E-state index in [-0.39, 0.29) is 5.54 Å². The lowest BCUT2D eigenvalue weighted by Gasteiger charge is -2.38. The molecule has 2 aliphatic carbocycles. The van der Waals surface area contributed by atoms with Gasteiger partial charge in [-0.2, -0.15) is 5.10 Å². The molecular formula is C20H22IN5. The van der Waals surface area contributed by atoms with Crippen LogP contribution in [-0.4, -0.2) is 41.2 Å². The third-order valence-corrected chi connectivity index (χ3v) is 9.24. The first-order valence-electron chi connectivity index (χ1n) is 9.33. The fourth-order valence-electron chi connectivity index (χ4n) is 6.34. The van der Waals surface area contributed by atoms with Crippen molar-refractivity contribution in [2.75, 3.05) is 7.05 Å². The lowest BCUT2D eigenvalue weighted by Crippen LogP contribution is -2.44. The quantitative estimate of drug-likeness (QED) is 0.436. The van der Waals surface area contributed by atoms with Crippen molar-refractivity contribution in [2.45, 2.75) is 28.3 Å². The minimum atomic E-state index is 0.180. The first-order valence-corrected chi connectivity index (χ1v) is 10.6. The van der Waals surface area contributed by atoms with Gasteiger partial charge >= 0.3 is 0 Å². The van der Waals surface area contributed by atoms with Crippen molar-refractivity contribution >= 4 is 33.6 Å². The number of pyridine rings is 1. The number of aryl methyl sites for hydroxylation is 2. The summed E-state index contributed by atoms with van der Waals surface area (Å²) < 4.78 is 4.70. The number of halogens is 1. The summed E-state index contributed by atoms with van der Waals surface area (Å²) in [6.07, 6.45) is 11.1. The van der Waals surface area contributed by atoms with Crippen LogP contribution in [0.2, 0.25) is 0 Å². The van der Waals surface area contributed by atoms with Crippen molar-refractivity contribution in [1.82, 2.24) is 24.2 Å². The maximum Gasteiger partial charge on any atom is 0.140 e. The highest BCUT2D eigenvalue weighted by molar-refractivity contribution is 14.1. The van der Waals surface area contributed by atoms with Crippen molar-refractivity contribution in [3.05, 3.63) is 36.4 Å². The van der Waals surface area contributed by atoms with E-state index in [1.807, 2.05) is 17.9 Å². The fraction of sp³-hybridized carbons (Fsp3) is 0.500. The molecule has 4 fully saturated rings. The van der Waals surface area contributed by atoms with Crippen LogP contribution in [0.3, 0.4) is 0 Å². The van der Waals surface area contributed by atoms with Crippen molar-refractivity contribution in [2.24, 2.45) is 25.9 Å². The smallest absolute Gasteiger partial charge is 0.140 e. The Hall–Kier alpha value is -1.41. The van der Waals surface area contributed by atoms with Crippen LogP contribution in [0.25, 0.3) is 22.2 Å². The SMILES string of the molecule is CN1C2CC3CC2C(I)C31c1cnc2c(c1)c(-c1cnn(C)c1)cn2C. The Morgan fingerprint density at radius 1 is 1.15 bits per heavy atom. The van der Waals surface area contributed by atoms with Crippen molar-refractivity contribution in [3.63, 3.8) is 0 Å². The zero-order chi connectivity index (χ0) is 17.8. The number of hydrogen-bond acceptors (Lipinski definition) is 3. The van der Waals surface area contributed by atoms with Crippen molar-refractivity contribution in [1.29, 1.82) is 0 Å². The van der Waals surface area contributed by atoms with Crippen LogP contribution in [0.15, 0.2) is 30.9 Å². The Bertz CT molecular complexity index is 1030. The summed E-state index contributed by atoms with van der Waals surface area (Å²) in [5, 5.41) is 5.61. The number of alkyl halides is 1. The second-order valence-electron chi connectivity index (χ2n) is 8.39. The summed E-state index contributed by atoms with van der Waals surface area (Å²) in [4.78, 5) is 7.60. The highest BCUT2D eigenvalue weighted by atomic mass is 127. The molecule has 26 heavy (non-hydrogen) atoms. The zero-order valence-corrected chi connectivity index (χ0v) is 17.4. The molecule has 0 amide bonds. The second kappa shape index (κ2) is 4.90. The molecule has 0 aromatic carbocycles. The number of fused-ring (bicyclic) bond motifs is 1. The van der Waals surface area contributed by atoms with E-state index in [2.05, 4.69) is 75.9 Å². The van der Waals surface area contributed by atoms with Crippen LogP contribution < -0.4 is 0 Å². The van der Waals surface area contributed by atoms with Crippen LogP contribution in [-0.2, 0) is 19.6 Å². The standard InChI is InChI=1S/C20H22IN5/c1-24-10-16(11-7-23-25(2)9-11)14-5-13(8-22-19(14)24)20-12-4-15(18(20)21)17(6-12)26(20)3/h5,7-10,12,15,17-18H,4,6H2,1-3H3. The molecule has 4 bridgehead atoms. The normalized spacial score (nSPS) is 35.4. The highest BCUT2D eigenvalue weighted by Crippen LogP contribution is 2.69. The average molecular weight is 459 g/mol. The van der Waals surface area contributed by atoms with E-state index >= 15 is 0 Å². The number of nitrogens with zero attached hydrogens (tertiary/aromatic N) is 5. The molecule has 3 aromatic heterocycles. The Morgan fingerprint density at radius 2 is 2.00 bits per heavy atom. The van der Waals surface area contributed by atoms with Gasteiger partial charge in [0.05, 0.1) is 11.7 Å². The van der Waals surface area contributed by atoms with E-state index < -0.39 is 0 Å².